The maximum atomic E-state index is 6.04. The summed E-state index contributed by atoms with van der Waals surface area (Å²) < 4.78 is 11.8. The van der Waals surface area contributed by atoms with Crippen molar-refractivity contribution in [1.82, 2.24) is 5.32 Å². The number of rotatable bonds is 14. The predicted molar refractivity (Wildman–Crippen MR) is 118 cm³/mol. The van der Waals surface area contributed by atoms with Crippen LogP contribution in [-0.2, 0) is 13.2 Å². The van der Waals surface area contributed by atoms with Gasteiger partial charge < -0.3 is 14.8 Å². The van der Waals surface area contributed by atoms with Crippen LogP contribution in [0.25, 0.3) is 0 Å². The number of nitrogens with one attached hydrogen (secondary N) is 1. The van der Waals surface area contributed by atoms with E-state index in [0.29, 0.717) is 13.2 Å². The van der Waals surface area contributed by atoms with Gasteiger partial charge in [-0.1, -0.05) is 68.8 Å². The van der Waals surface area contributed by atoms with Gasteiger partial charge in [0, 0.05) is 11.6 Å². The van der Waals surface area contributed by atoms with Crippen LogP contribution in [0.5, 0.6) is 11.5 Å². The molecule has 1 N–H and O–H groups in total. The molecule has 0 fully saturated rings. The van der Waals surface area contributed by atoms with E-state index in [-0.39, 0.29) is 0 Å². The average Bonchev–Trinajstić information content (AvgIpc) is 2.70. The lowest BCUT2D eigenvalue weighted by molar-refractivity contribution is 0.269. The lowest BCUT2D eigenvalue weighted by atomic mass is 10.1. The van der Waals surface area contributed by atoms with Crippen molar-refractivity contribution in [2.24, 2.45) is 0 Å². The molecule has 0 bridgehead atoms. The molecule has 0 amide bonds. The monoisotopic (exact) mass is 403 g/mol. The van der Waals surface area contributed by atoms with Gasteiger partial charge in [-0.2, -0.15) is 0 Å². The van der Waals surface area contributed by atoms with Crippen molar-refractivity contribution >= 4 is 11.6 Å². The zero-order valence-corrected chi connectivity index (χ0v) is 18.1. The molecule has 28 heavy (non-hydrogen) atoms. The summed E-state index contributed by atoms with van der Waals surface area (Å²) in [6.07, 6.45) is 7.93. The van der Waals surface area contributed by atoms with Crippen molar-refractivity contribution < 1.29 is 9.47 Å². The van der Waals surface area contributed by atoms with Gasteiger partial charge in [0.2, 0.25) is 0 Å². The van der Waals surface area contributed by atoms with Crippen LogP contribution in [0.15, 0.2) is 42.5 Å². The molecule has 0 heterocycles. The van der Waals surface area contributed by atoms with Crippen LogP contribution in [0, 0.1) is 0 Å². The van der Waals surface area contributed by atoms with Crippen LogP contribution >= 0.6 is 11.6 Å². The van der Waals surface area contributed by atoms with E-state index >= 15 is 0 Å². The van der Waals surface area contributed by atoms with Crippen LogP contribution < -0.4 is 14.8 Å². The van der Waals surface area contributed by atoms with Gasteiger partial charge in [-0.05, 0) is 55.3 Å². The zero-order chi connectivity index (χ0) is 20.0. The summed E-state index contributed by atoms with van der Waals surface area (Å²) in [5.41, 5.74) is 2.25. The van der Waals surface area contributed by atoms with Crippen molar-refractivity contribution in [3.63, 3.8) is 0 Å². The van der Waals surface area contributed by atoms with Gasteiger partial charge in [-0.3, -0.25) is 0 Å². The first kappa shape index (κ1) is 22.6. The third-order valence-corrected chi connectivity index (χ3v) is 4.86. The van der Waals surface area contributed by atoms with E-state index in [2.05, 4.69) is 24.4 Å². The van der Waals surface area contributed by atoms with Crippen molar-refractivity contribution in [1.29, 1.82) is 0 Å². The molecule has 0 aliphatic rings. The zero-order valence-electron chi connectivity index (χ0n) is 17.3. The Morgan fingerprint density at radius 2 is 1.64 bits per heavy atom. The standard InChI is InChI=1S/C24H34ClNO2/c1-3-5-6-7-8-9-15-26-18-20-13-14-23(24(17-20)27-4-2)28-19-21-11-10-12-22(25)16-21/h10-14,16-17,26H,3-9,15,18-19H2,1-2H3. The number of unbranched alkanes of at least 4 members (excludes halogenated alkanes) is 5. The Hall–Kier alpha value is -1.71. The third kappa shape index (κ3) is 8.53. The van der Waals surface area contributed by atoms with Gasteiger partial charge in [-0.25, -0.2) is 0 Å². The van der Waals surface area contributed by atoms with E-state index in [1.165, 1.54) is 44.1 Å². The number of hydrogen-bond donors (Lipinski definition) is 1. The summed E-state index contributed by atoms with van der Waals surface area (Å²) in [7, 11) is 0. The quantitative estimate of drug-likeness (QED) is 0.353. The lowest BCUT2D eigenvalue weighted by Crippen LogP contribution is -2.14. The highest BCUT2D eigenvalue weighted by molar-refractivity contribution is 6.30. The van der Waals surface area contributed by atoms with Gasteiger partial charge in [-0.15, -0.1) is 0 Å². The second-order valence-electron chi connectivity index (χ2n) is 7.08. The fraction of sp³-hybridized carbons (Fsp3) is 0.500. The normalized spacial score (nSPS) is 10.8. The molecule has 0 saturated heterocycles. The molecule has 0 atom stereocenters. The van der Waals surface area contributed by atoms with E-state index < -0.39 is 0 Å². The molecule has 0 spiro atoms. The molecule has 0 aliphatic heterocycles. The fourth-order valence-electron chi connectivity index (χ4n) is 3.10. The first-order valence-electron chi connectivity index (χ1n) is 10.6. The second kappa shape index (κ2) is 13.5. The topological polar surface area (TPSA) is 30.5 Å². The highest BCUT2D eigenvalue weighted by atomic mass is 35.5. The van der Waals surface area contributed by atoms with Crippen LogP contribution in [0.2, 0.25) is 5.02 Å². The molecule has 0 unspecified atom stereocenters. The maximum absolute atomic E-state index is 6.04. The van der Waals surface area contributed by atoms with E-state index in [4.69, 9.17) is 21.1 Å². The molecule has 4 heteroatoms. The van der Waals surface area contributed by atoms with Crippen molar-refractivity contribution in [3.8, 4) is 11.5 Å². The molecule has 2 rings (SSSR count). The van der Waals surface area contributed by atoms with Gasteiger partial charge >= 0.3 is 0 Å². The smallest absolute Gasteiger partial charge is 0.161 e. The fourth-order valence-corrected chi connectivity index (χ4v) is 3.31. The summed E-state index contributed by atoms with van der Waals surface area (Å²) in [4.78, 5) is 0. The first-order chi connectivity index (χ1) is 13.7. The van der Waals surface area contributed by atoms with Crippen LogP contribution in [0.4, 0.5) is 0 Å². The average molecular weight is 404 g/mol. The van der Waals surface area contributed by atoms with Crippen LogP contribution in [0.1, 0.15) is 63.5 Å². The van der Waals surface area contributed by atoms with E-state index in [9.17, 15) is 0 Å². The predicted octanol–water partition coefficient (Wildman–Crippen LogP) is 6.77. The highest BCUT2D eigenvalue weighted by Crippen LogP contribution is 2.29. The molecule has 2 aromatic rings. The van der Waals surface area contributed by atoms with Crippen LogP contribution in [-0.4, -0.2) is 13.2 Å². The molecule has 0 saturated carbocycles. The number of benzene rings is 2. The molecule has 0 radical (unpaired) electrons. The van der Waals surface area contributed by atoms with Crippen LogP contribution in [0.3, 0.4) is 0 Å². The SMILES string of the molecule is CCCCCCCCNCc1ccc(OCc2cccc(Cl)c2)c(OCC)c1. The Morgan fingerprint density at radius 3 is 2.43 bits per heavy atom. The minimum atomic E-state index is 0.469. The van der Waals surface area contributed by atoms with Gasteiger partial charge in [0.1, 0.15) is 6.61 Å². The Labute approximate surface area is 175 Å². The minimum Gasteiger partial charge on any atom is -0.490 e. The Morgan fingerprint density at radius 1 is 0.821 bits per heavy atom. The number of halogens is 1. The van der Waals surface area contributed by atoms with E-state index in [0.717, 1.165) is 35.2 Å². The largest absolute Gasteiger partial charge is 0.490 e. The first-order valence-corrected chi connectivity index (χ1v) is 10.9. The van der Waals surface area contributed by atoms with Crippen molar-refractivity contribution in [2.75, 3.05) is 13.2 Å². The molecule has 3 nitrogen and oxygen atoms in total. The maximum Gasteiger partial charge on any atom is 0.161 e. The highest BCUT2D eigenvalue weighted by Gasteiger charge is 2.07. The number of hydrogen-bond acceptors (Lipinski definition) is 3. The van der Waals surface area contributed by atoms with E-state index in [1.54, 1.807) is 0 Å². The Kier molecular flexibility index (Phi) is 10.9. The summed E-state index contributed by atoms with van der Waals surface area (Å²) in [6, 6.07) is 13.9. The molecular weight excluding hydrogens is 370 g/mol. The van der Waals surface area contributed by atoms with Gasteiger partial charge in [0.25, 0.3) is 0 Å². The summed E-state index contributed by atoms with van der Waals surface area (Å²) >= 11 is 6.04. The second-order valence-corrected chi connectivity index (χ2v) is 7.51. The molecule has 154 valence electrons. The van der Waals surface area contributed by atoms with Crippen molar-refractivity contribution in [2.45, 2.75) is 65.5 Å². The lowest BCUT2D eigenvalue weighted by Gasteiger charge is -2.14. The molecule has 0 aromatic heterocycles. The molecular formula is C24H34ClNO2. The summed E-state index contributed by atoms with van der Waals surface area (Å²) in [6.45, 7) is 7.24. The Balaban J connectivity index is 1.80. The molecule has 2 aromatic carbocycles. The Bertz CT molecular complexity index is 690. The summed E-state index contributed by atoms with van der Waals surface area (Å²) in [5.74, 6) is 1.56. The van der Waals surface area contributed by atoms with Crippen molar-refractivity contribution in [3.05, 3.63) is 58.6 Å². The van der Waals surface area contributed by atoms with E-state index in [1.807, 2.05) is 37.3 Å². The third-order valence-electron chi connectivity index (χ3n) is 4.63. The van der Waals surface area contributed by atoms with Gasteiger partial charge in [0.05, 0.1) is 6.61 Å². The van der Waals surface area contributed by atoms with Gasteiger partial charge in [0.15, 0.2) is 11.5 Å². The minimum absolute atomic E-state index is 0.469. The number of ether oxygens (including phenoxy) is 2. The molecule has 0 aliphatic carbocycles. The summed E-state index contributed by atoms with van der Waals surface area (Å²) in [5, 5.41) is 4.25.